The van der Waals surface area contributed by atoms with Gasteiger partial charge in [0.2, 0.25) is 0 Å². The number of halogens is 1. The van der Waals surface area contributed by atoms with Crippen LogP contribution in [0.15, 0.2) is 46.9 Å². The number of phenolic OH excluding ortho intramolecular Hbond substituents is 1. The number of para-hydroxylation sites is 1. The number of hydrogen-bond acceptors (Lipinski definition) is 6. The first-order chi connectivity index (χ1) is 14.7. The lowest BCUT2D eigenvalue weighted by Gasteiger charge is -2.23. The molecule has 0 saturated heterocycles. The second-order valence-electron chi connectivity index (χ2n) is 8.21. The second kappa shape index (κ2) is 9.51. The number of amides is 1. The van der Waals surface area contributed by atoms with Gasteiger partial charge in [-0.15, -0.1) is 0 Å². The molecule has 0 saturated carbocycles. The normalized spacial score (nSPS) is 12.4. The van der Waals surface area contributed by atoms with Gasteiger partial charge in [-0.1, -0.05) is 35.0 Å². The van der Waals surface area contributed by atoms with Gasteiger partial charge in [0.1, 0.15) is 17.2 Å². The van der Waals surface area contributed by atoms with Gasteiger partial charge in [0.15, 0.2) is 5.82 Å². The van der Waals surface area contributed by atoms with Crippen LogP contribution < -0.4 is 10.6 Å². The maximum atomic E-state index is 12.1. The zero-order valence-electron chi connectivity index (χ0n) is 18.1. The summed E-state index contributed by atoms with van der Waals surface area (Å²) in [7, 11) is 0. The number of rotatable bonds is 6. The molecule has 1 amide bonds. The molecule has 0 aliphatic carbocycles. The Morgan fingerprint density at radius 3 is 2.65 bits per heavy atom. The van der Waals surface area contributed by atoms with E-state index in [-0.39, 0.29) is 11.8 Å². The van der Waals surface area contributed by atoms with Gasteiger partial charge in [0.25, 0.3) is 0 Å². The zero-order valence-corrected chi connectivity index (χ0v) is 19.7. The minimum atomic E-state index is -0.556. The summed E-state index contributed by atoms with van der Waals surface area (Å²) in [5.74, 6) is 1.14. The van der Waals surface area contributed by atoms with Gasteiger partial charge in [-0.2, -0.15) is 0 Å². The molecule has 0 fully saturated rings. The quantitative estimate of drug-likeness (QED) is 0.426. The minimum Gasteiger partial charge on any atom is -0.507 e. The molecule has 0 bridgehead atoms. The molecule has 3 N–H and O–H groups in total. The molecule has 0 radical (unpaired) electrons. The molecule has 1 aromatic heterocycles. The molecule has 0 aliphatic rings. The lowest BCUT2D eigenvalue weighted by atomic mass is 10.1. The summed E-state index contributed by atoms with van der Waals surface area (Å²) in [5.41, 5.74) is 0.726. The van der Waals surface area contributed by atoms with Crippen LogP contribution in [-0.2, 0) is 4.74 Å². The van der Waals surface area contributed by atoms with E-state index in [1.807, 2.05) is 52.0 Å². The number of hydrogen-bond donors (Lipinski definition) is 3. The molecule has 2 aromatic carbocycles. The van der Waals surface area contributed by atoms with Crippen molar-refractivity contribution in [2.75, 3.05) is 11.9 Å². The largest absolute Gasteiger partial charge is 0.507 e. The third kappa shape index (κ3) is 6.07. The third-order valence-electron chi connectivity index (χ3n) is 4.53. The number of anilines is 1. The lowest BCUT2D eigenvalue weighted by Crippen LogP contribution is -2.42. The Kier molecular flexibility index (Phi) is 7.00. The number of phenols is 1. The number of nitrogens with zero attached hydrogens (tertiary/aromatic N) is 2. The van der Waals surface area contributed by atoms with Crippen LogP contribution in [0.4, 0.5) is 10.6 Å². The first-order valence-corrected chi connectivity index (χ1v) is 10.9. The Labute approximate surface area is 190 Å². The number of alkyl carbamates (subject to hydrolysis) is 1. The number of carbonyl (C=O) groups excluding carboxylic acids is 1. The van der Waals surface area contributed by atoms with Crippen molar-refractivity contribution in [3.8, 4) is 17.1 Å². The number of aromatic nitrogens is 2. The van der Waals surface area contributed by atoms with E-state index in [4.69, 9.17) is 4.74 Å². The number of aromatic hydroxyl groups is 1. The Balaban J connectivity index is 1.87. The predicted molar refractivity (Wildman–Crippen MR) is 126 cm³/mol. The summed E-state index contributed by atoms with van der Waals surface area (Å²) in [4.78, 5) is 21.4. The molecule has 1 atom stereocenters. The molecule has 0 spiro atoms. The minimum absolute atomic E-state index is 0.0995. The molecule has 3 aromatic rings. The van der Waals surface area contributed by atoms with E-state index >= 15 is 0 Å². The van der Waals surface area contributed by atoms with Crippen LogP contribution in [0, 0.1) is 0 Å². The van der Waals surface area contributed by atoms with Gasteiger partial charge >= 0.3 is 6.09 Å². The van der Waals surface area contributed by atoms with E-state index in [1.54, 1.807) is 18.2 Å². The summed E-state index contributed by atoms with van der Waals surface area (Å²) in [6, 6.07) is 12.7. The van der Waals surface area contributed by atoms with Crippen molar-refractivity contribution in [3.63, 3.8) is 0 Å². The molecule has 3 rings (SSSR count). The van der Waals surface area contributed by atoms with Crippen molar-refractivity contribution in [3.05, 3.63) is 46.9 Å². The Hall–Kier alpha value is -2.87. The Morgan fingerprint density at radius 1 is 1.19 bits per heavy atom. The number of nitrogens with one attached hydrogen (secondary N) is 2. The maximum absolute atomic E-state index is 12.1. The molecule has 7 nitrogen and oxygen atoms in total. The number of fused-ring (bicyclic) bond motifs is 1. The van der Waals surface area contributed by atoms with Gasteiger partial charge in [0.05, 0.1) is 11.1 Å². The van der Waals surface area contributed by atoms with E-state index in [0.717, 1.165) is 15.4 Å². The third-order valence-corrected chi connectivity index (χ3v) is 5.03. The van der Waals surface area contributed by atoms with Crippen LogP contribution in [0.5, 0.6) is 5.75 Å². The number of benzene rings is 2. The summed E-state index contributed by atoms with van der Waals surface area (Å²) in [5, 5.41) is 17.4. The summed E-state index contributed by atoms with van der Waals surface area (Å²) < 4.78 is 6.18. The molecule has 8 heteroatoms. The van der Waals surface area contributed by atoms with Crippen LogP contribution in [0.25, 0.3) is 22.3 Å². The number of carbonyl (C=O) groups is 1. The van der Waals surface area contributed by atoms with E-state index < -0.39 is 11.7 Å². The number of ether oxygens (including phenoxy) is 1. The first-order valence-electron chi connectivity index (χ1n) is 10.2. The first kappa shape index (κ1) is 22.8. The van der Waals surface area contributed by atoms with Crippen LogP contribution in [0.1, 0.15) is 34.1 Å². The van der Waals surface area contributed by atoms with Crippen LogP contribution in [0.3, 0.4) is 0 Å². The van der Waals surface area contributed by atoms with Crippen molar-refractivity contribution in [2.45, 2.75) is 45.8 Å². The van der Waals surface area contributed by atoms with Gasteiger partial charge in [-0.05, 0) is 57.5 Å². The maximum Gasteiger partial charge on any atom is 0.407 e. The van der Waals surface area contributed by atoms with Crippen molar-refractivity contribution in [1.82, 2.24) is 15.3 Å². The topological polar surface area (TPSA) is 96.4 Å². The van der Waals surface area contributed by atoms with Crippen molar-refractivity contribution >= 4 is 38.7 Å². The fraction of sp³-hybridized carbons (Fsp3) is 0.348. The van der Waals surface area contributed by atoms with Crippen molar-refractivity contribution < 1.29 is 14.6 Å². The van der Waals surface area contributed by atoms with Crippen molar-refractivity contribution in [1.29, 1.82) is 0 Å². The van der Waals surface area contributed by atoms with Crippen molar-refractivity contribution in [2.24, 2.45) is 0 Å². The van der Waals surface area contributed by atoms with E-state index in [2.05, 4.69) is 36.5 Å². The standard InChI is InChI=1S/C23H27BrN4O3/c1-5-15(26-22(30)31-23(2,3)4)13-25-20-16-8-6-7-9-18(16)27-21(28-20)17-12-14(24)10-11-19(17)29/h6-12,15,29H,5,13H2,1-4H3,(H,26,30)(H,25,27,28)/t15-/m1/s1. The highest BCUT2D eigenvalue weighted by Crippen LogP contribution is 2.32. The van der Waals surface area contributed by atoms with Crippen LogP contribution in [-0.4, -0.2) is 39.4 Å². The van der Waals surface area contributed by atoms with E-state index in [0.29, 0.717) is 30.2 Å². The molecular weight excluding hydrogens is 460 g/mol. The average Bonchev–Trinajstić information content (AvgIpc) is 2.71. The molecule has 0 unspecified atom stereocenters. The highest BCUT2D eigenvalue weighted by molar-refractivity contribution is 9.10. The van der Waals surface area contributed by atoms with Gasteiger partial charge in [0, 0.05) is 22.4 Å². The fourth-order valence-corrected chi connectivity index (χ4v) is 3.37. The van der Waals surface area contributed by atoms with Crippen LogP contribution in [0.2, 0.25) is 0 Å². The van der Waals surface area contributed by atoms with Gasteiger partial charge in [-0.3, -0.25) is 0 Å². The monoisotopic (exact) mass is 486 g/mol. The second-order valence-corrected chi connectivity index (χ2v) is 9.12. The Morgan fingerprint density at radius 2 is 1.94 bits per heavy atom. The highest BCUT2D eigenvalue weighted by Gasteiger charge is 2.19. The average molecular weight is 487 g/mol. The lowest BCUT2D eigenvalue weighted by molar-refractivity contribution is 0.0506. The van der Waals surface area contributed by atoms with Gasteiger partial charge < -0.3 is 20.5 Å². The fourth-order valence-electron chi connectivity index (χ4n) is 3.01. The SMILES string of the molecule is CC[C@H](CNc1nc(-c2cc(Br)ccc2O)nc2ccccc12)NC(=O)OC(C)(C)C. The zero-order chi connectivity index (χ0) is 22.6. The predicted octanol–water partition coefficient (Wildman–Crippen LogP) is 5.48. The van der Waals surface area contributed by atoms with E-state index in [9.17, 15) is 9.90 Å². The van der Waals surface area contributed by atoms with E-state index in [1.165, 1.54) is 0 Å². The molecule has 1 heterocycles. The molecule has 31 heavy (non-hydrogen) atoms. The highest BCUT2D eigenvalue weighted by atomic mass is 79.9. The van der Waals surface area contributed by atoms with Gasteiger partial charge in [-0.25, -0.2) is 14.8 Å². The Bertz CT molecular complexity index is 1080. The molecule has 0 aliphatic heterocycles. The summed E-state index contributed by atoms with van der Waals surface area (Å²) in [6.45, 7) is 7.94. The summed E-state index contributed by atoms with van der Waals surface area (Å²) >= 11 is 3.43. The van der Waals surface area contributed by atoms with Crippen LogP contribution >= 0.6 is 15.9 Å². The molecular formula is C23H27BrN4O3. The molecule has 164 valence electrons. The summed E-state index contributed by atoms with van der Waals surface area (Å²) in [6.07, 6.45) is 0.266. The smallest absolute Gasteiger partial charge is 0.407 e.